The van der Waals surface area contributed by atoms with Gasteiger partial charge in [-0.15, -0.1) is 0 Å². The predicted octanol–water partition coefficient (Wildman–Crippen LogP) is 2.60. The maximum absolute atomic E-state index is 13.1. The highest BCUT2D eigenvalue weighted by Crippen LogP contribution is 2.24. The number of hydrazone groups is 1. The molecule has 162 valence electrons. The molecule has 4 rings (SSSR count). The summed E-state index contributed by atoms with van der Waals surface area (Å²) in [6.07, 6.45) is 1.39. The second-order valence-electron chi connectivity index (χ2n) is 7.13. The Bertz CT molecular complexity index is 1420. The van der Waals surface area contributed by atoms with E-state index in [1.807, 2.05) is 12.1 Å². The Labute approximate surface area is 182 Å². The molecule has 0 bridgehead atoms. The maximum atomic E-state index is 13.1. The van der Waals surface area contributed by atoms with Gasteiger partial charge in [0.1, 0.15) is 5.75 Å². The second kappa shape index (κ2) is 8.76. The minimum absolute atomic E-state index is 0.167. The van der Waals surface area contributed by atoms with Crippen molar-refractivity contribution in [1.29, 1.82) is 0 Å². The number of H-pyrrole nitrogens is 1. The van der Waals surface area contributed by atoms with Crippen LogP contribution in [0.25, 0.3) is 10.8 Å². The van der Waals surface area contributed by atoms with Crippen LogP contribution in [0.1, 0.15) is 16.8 Å². The van der Waals surface area contributed by atoms with Gasteiger partial charge in [0.25, 0.3) is 11.1 Å². The van der Waals surface area contributed by atoms with E-state index in [2.05, 4.69) is 20.5 Å². The van der Waals surface area contributed by atoms with Crippen LogP contribution in [0.4, 0.5) is 5.95 Å². The number of aryl methyl sites for hydroxylation is 1. The number of pyridine rings is 1. The van der Waals surface area contributed by atoms with Crippen LogP contribution in [0.5, 0.6) is 11.6 Å². The molecule has 0 aliphatic rings. The number of aromatic amines is 1. The Hall–Kier alpha value is -4.40. The van der Waals surface area contributed by atoms with Crippen molar-refractivity contribution in [3.63, 3.8) is 0 Å². The number of ether oxygens (including phenoxy) is 1. The Morgan fingerprint density at radius 1 is 1.16 bits per heavy atom. The summed E-state index contributed by atoms with van der Waals surface area (Å²) in [5, 5.41) is 16.1. The fraction of sp³-hybridized carbons (Fsp3) is 0.130. The van der Waals surface area contributed by atoms with E-state index >= 15 is 0 Å². The van der Waals surface area contributed by atoms with Crippen LogP contribution < -0.4 is 21.3 Å². The molecule has 0 radical (unpaired) electrons. The largest absolute Gasteiger partial charge is 0.497 e. The topological polar surface area (TPSA) is 122 Å². The van der Waals surface area contributed by atoms with E-state index in [4.69, 9.17) is 4.74 Å². The van der Waals surface area contributed by atoms with Gasteiger partial charge in [-0.1, -0.05) is 30.3 Å². The van der Waals surface area contributed by atoms with Crippen molar-refractivity contribution in [1.82, 2.24) is 14.5 Å². The van der Waals surface area contributed by atoms with Crippen LogP contribution in [0.15, 0.2) is 69.3 Å². The summed E-state index contributed by atoms with van der Waals surface area (Å²) in [5.74, 6) is 0.646. The van der Waals surface area contributed by atoms with E-state index in [1.165, 1.54) is 16.8 Å². The number of fused-ring (bicyclic) bond motifs is 1. The van der Waals surface area contributed by atoms with Gasteiger partial charge in [-0.3, -0.25) is 19.1 Å². The summed E-state index contributed by atoms with van der Waals surface area (Å²) >= 11 is 0. The average molecular weight is 431 g/mol. The summed E-state index contributed by atoms with van der Waals surface area (Å²) in [4.78, 5) is 31.3. The van der Waals surface area contributed by atoms with Gasteiger partial charge in [-0.05, 0) is 30.7 Å². The van der Waals surface area contributed by atoms with Crippen LogP contribution >= 0.6 is 0 Å². The zero-order chi connectivity index (χ0) is 22.7. The number of nitrogens with one attached hydrogen (secondary N) is 2. The Balaban J connectivity index is 1.75. The quantitative estimate of drug-likeness (QED) is 0.319. The minimum atomic E-state index is -0.316. The third-order valence-electron chi connectivity index (χ3n) is 4.92. The third-order valence-corrected chi connectivity index (χ3v) is 4.92. The van der Waals surface area contributed by atoms with Crippen molar-refractivity contribution >= 4 is 22.9 Å². The van der Waals surface area contributed by atoms with Gasteiger partial charge in [0.05, 0.1) is 25.4 Å². The van der Waals surface area contributed by atoms with Gasteiger partial charge in [-0.2, -0.15) is 5.10 Å². The Kier molecular flexibility index (Phi) is 5.71. The molecule has 0 atom stereocenters. The molecule has 0 aliphatic heterocycles. The predicted molar refractivity (Wildman–Crippen MR) is 123 cm³/mol. The lowest BCUT2D eigenvalue weighted by atomic mass is 10.1. The SMILES string of the molecule is COc1ccc(Cn2c(O)c(/C=N/Nc3nc(C)cc(=O)[nH]3)c3ccccc3c2=O)cc1. The van der Waals surface area contributed by atoms with E-state index < -0.39 is 0 Å². The number of hydrogen-bond donors (Lipinski definition) is 3. The maximum Gasteiger partial charge on any atom is 0.261 e. The Morgan fingerprint density at radius 2 is 1.88 bits per heavy atom. The lowest BCUT2D eigenvalue weighted by Crippen LogP contribution is -2.22. The fourth-order valence-corrected chi connectivity index (χ4v) is 3.39. The van der Waals surface area contributed by atoms with E-state index in [0.717, 1.165) is 5.56 Å². The highest BCUT2D eigenvalue weighted by molar-refractivity contribution is 6.01. The molecule has 0 amide bonds. The van der Waals surface area contributed by atoms with Gasteiger partial charge in [0, 0.05) is 22.5 Å². The zero-order valence-electron chi connectivity index (χ0n) is 17.5. The Morgan fingerprint density at radius 3 is 2.56 bits per heavy atom. The van der Waals surface area contributed by atoms with Gasteiger partial charge in [0.2, 0.25) is 11.8 Å². The molecule has 0 fully saturated rings. The van der Waals surface area contributed by atoms with Gasteiger partial charge >= 0.3 is 0 Å². The molecule has 4 aromatic rings. The molecule has 3 N–H and O–H groups in total. The first-order valence-corrected chi connectivity index (χ1v) is 9.80. The monoisotopic (exact) mass is 431 g/mol. The molecule has 0 spiro atoms. The van der Waals surface area contributed by atoms with E-state index in [1.54, 1.807) is 50.4 Å². The van der Waals surface area contributed by atoms with Crippen molar-refractivity contribution in [3.05, 3.63) is 92.1 Å². The highest BCUT2D eigenvalue weighted by Gasteiger charge is 2.15. The number of nitrogens with zero attached hydrogens (tertiary/aromatic N) is 3. The van der Waals surface area contributed by atoms with E-state index in [0.29, 0.717) is 27.8 Å². The molecule has 9 nitrogen and oxygen atoms in total. The number of methoxy groups -OCH3 is 1. The van der Waals surface area contributed by atoms with Crippen molar-refractivity contribution in [2.75, 3.05) is 12.5 Å². The minimum Gasteiger partial charge on any atom is -0.497 e. The van der Waals surface area contributed by atoms with E-state index in [-0.39, 0.29) is 29.5 Å². The summed E-state index contributed by atoms with van der Waals surface area (Å²) in [6, 6.07) is 15.6. The molecule has 32 heavy (non-hydrogen) atoms. The molecule has 2 aromatic carbocycles. The number of aromatic nitrogens is 3. The van der Waals surface area contributed by atoms with E-state index in [9.17, 15) is 14.7 Å². The van der Waals surface area contributed by atoms with Crippen LogP contribution in [0, 0.1) is 6.92 Å². The zero-order valence-corrected chi connectivity index (χ0v) is 17.5. The number of rotatable bonds is 6. The van der Waals surface area contributed by atoms with Crippen molar-refractivity contribution < 1.29 is 9.84 Å². The van der Waals surface area contributed by atoms with Crippen molar-refractivity contribution in [3.8, 4) is 11.6 Å². The lowest BCUT2D eigenvalue weighted by molar-refractivity contribution is 0.412. The molecule has 0 aliphatic carbocycles. The third kappa shape index (κ3) is 4.22. The fourth-order valence-electron chi connectivity index (χ4n) is 3.39. The molecule has 2 aromatic heterocycles. The summed E-state index contributed by atoms with van der Waals surface area (Å²) in [7, 11) is 1.58. The lowest BCUT2D eigenvalue weighted by Gasteiger charge is -2.14. The molecule has 0 unspecified atom stereocenters. The normalized spacial score (nSPS) is 11.2. The summed E-state index contributed by atoms with van der Waals surface area (Å²) in [5.41, 5.74) is 3.74. The first-order chi connectivity index (χ1) is 15.5. The van der Waals surface area contributed by atoms with Gasteiger partial charge < -0.3 is 9.84 Å². The van der Waals surface area contributed by atoms with Gasteiger partial charge in [0.15, 0.2) is 0 Å². The highest BCUT2D eigenvalue weighted by atomic mass is 16.5. The molecular formula is C23H21N5O4. The standard InChI is InChI=1S/C23H21N5O4/c1-14-11-20(29)26-23(25-14)27-24-12-19-17-5-3-4-6-18(17)21(30)28(22(19)31)13-15-7-9-16(32-2)10-8-15/h3-12,31H,13H2,1-2H3,(H2,25,26,27,29)/b24-12+. The van der Waals surface area contributed by atoms with Gasteiger partial charge in [-0.25, -0.2) is 10.4 Å². The van der Waals surface area contributed by atoms with Crippen molar-refractivity contribution in [2.24, 2.45) is 5.10 Å². The number of benzene rings is 2. The van der Waals surface area contributed by atoms with Crippen LogP contribution in [-0.4, -0.2) is 33.0 Å². The molecular weight excluding hydrogens is 410 g/mol. The molecule has 0 saturated carbocycles. The molecule has 9 heteroatoms. The first kappa shape index (κ1) is 20.9. The van der Waals surface area contributed by atoms with Crippen LogP contribution in [0.2, 0.25) is 0 Å². The number of anilines is 1. The number of aromatic hydroxyl groups is 1. The second-order valence-corrected chi connectivity index (χ2v) is 7.13. The molecule has 0 saturated heterocycles. The van der Waals surface area contributed by atoms with Crippen LogP contribution in [0.3, 0.4) is 0 Å². The number of hydrogen-bond acceptors (Lipinski definition) is 7. The summed E-state index contributed by atoms with van der Waals surface area (Å²) < 4.78 is 6.46. The summed E-state index contributed by atoms with van der Waals surface area (Å²) in [6.45, 7) is 1.86. The smallest absolute Gasteiger partial charge is 0.261 e. The average Bonchev–Trinajstić information content (AvgIpc) is 2.78. The van der Waals surface area contributed by atoms with Crippen LogP contribution in [-0.2, 0) is 6.54 Å². The van der Waals surface area contributed by atoms with Crippen molar-refractivity contribution in [2.45, 2.75) is 13.5 Å². The molecule has 2 heterocycles. The first-order valence-electron chi connectivity index (χ1n) is 9.80.